The molecular formula is C16H26N2O. The predicted octanol–water partition coefficient (Wildman–Crippen LogP) is 2.66. The molecule has 3 heteroatoms. The van der Waals surface area contributed by atoms with E-state index in [1.165, 1.54) is 31.4 Å². The van der Waals surface area contributed by atoms with Crippen molar-refractivity contribution in [2.75, 3.05) is 26.7 Å². The van der Waals surface area contributed by atoms with Gasteiger partial charge in [0, 0.05) is 19.1 Å². The molecule has 0 atom stereocenters. The van der Waals surface area contributed by atoms with Crippen molar-refractivity contribution in [1.29, 1.82) is 0 Å². The Hall–Kier alpha value is -1.06. The Bertz CT molecular complexity index is 360. The van der Waals surface area contributed by atoms with Crippen molar-refractivity contribution in [3.05, 3.63) is 29.8 Å². The minimum atomic E-state index is 0.794. The molecule has 106 valence electrons. The molecule has 0 bridgehead atoms. The highest BCUT2D eigenvalue weighted by Crippen LogP contribution is 2.26. The average Bonchev–Trinajstić information content (AvgIpc) is 3.24. The molecule has 1 aromatic carbocycles. The summed E-state index contributed by atoms with van der Waals surface area (Å²) >= 11 is 0. The molecule has 1 fully saturated rings. The molecule has 0 aromatic heterocycles. The van der Waals surface area contributed by atoms with E-state index in [0.717, 1.165) is 31.5 Å². The number of hydrogen-bond donors (Lipinski definition) is 1. The van der Waals surface area contributed by atoms with Crippen LogP contribution in [0.5, 0.6) is 5.75 Å². The molecule has 0 spiro atoms. The largest absolute Gasteiger partial charge is 0.492 e. The van der Waals surface area contributed by atoms with Gasteiger partial charge in [-0.1, -0.05) is 19.1 Å². The molecule has 0 unspecified atom stereocenters. The first kappa shape index (κ1) is 14.4. The maximum Gasteiger partial charge on any atom is 0.119 e. The van der Waals surface area contributed by atoms with Crippen molar-refractivity contribution in [3.8, 4) is 5.75 Å². The molecule has 0 amide bonds. The van der Waals surface area contributed by atoms with Crippen LogP contribution in [-0.2, 0) is 6.54 Å². The Kier molecular flexibility index (Phi) is 5.67. The van der Waals surface area contributed by atoms with Gasteiger partial charge in [-0.15, -0.1) is 0 Å². The Morgan fingerprint density at radius 1 is 1.21 bits per heavy atom. The normalized spacial score (nSPS) is 14.9. The Labute approximate surface area is 116 Å². The van der Waals surface area contributed by atoms with E-state index in [0.29, 0.717) is 0 Å². The number of benzene rings is 1. The summed E-state index contributed by atoms with van der Waals surface area (Å²) in [6, 6.07) is 9.20. The number of nitrogens with zero attached hydrogens (tertiary/aromatic N) is 1. The van der Waals surface area contributed by atoms with Crippen LogP contribution in [0, 0.1) is 0 Å². The van der Waals surface area contributed by atoms with Gasteiger partial charge in [-0.25, -0.2) is 0 Å². The van der Waals surface area contributed by atoms with Crippen molar-refractivity contribution < 1.29 is 4.74 Å². The van der Waals surface area contributed by atoms with E-state index >= 15 is 0 Å². The van der Waals surface area contributed by atoms with E-state index in [4.69, 9.17) is 4.74 Å². The fourth-order valence-corrected chi connectivity index (χ4v) is 2.39. The number of nitrogens with one attached hydrogen (secondary N) is 1. The Morgan fingerprint density at radius 3 is 2.53 bits per heavy atom. The van der Waals surface area contributed by atoms with Gasteiger partial charge in [-0.3, -0.25) is 4.90 Å². The van der Waals surface area contributed by atoms with E-state index in [1.54, 1.807) is 0 Å². The molecule has 1 aromatic rings. The summed E-state index contributed by atoms with van der Waals surface area (Å²) < 4.78 is 5.83. The highest BCUT2D eigenvalue weighted by molar-refractivity contribution is 5.27. The molecule has 19 heavy (non-hydrogen) atoms. The lowest BCUT2D eigenvalue weighted by Gasteiger charge is -2.21. The maximum atomic E-state index is 5.83. The second-order valence-corrected chi connectivity index (χ2v) is 5.29. The summed E-state index contributed by atoms with van der Waals surface area (Å²) in [6.07, 6.45) is 3.98. The lowest BCUT2D eigenvalue weighted by molar-refractivity contribution is 0.202. The van der Waals surface area contributed by atoms with Crippen LogP contribution in [0.1, 0.15) is 31.7 Å². The summed E-state index contributed by atoms with van der Waals surface area (Å²) in [6.45, 7) is 6.21. The summed E-state index contributed by atoms with van der Waals surface area (Å²) in [5.74, 6) is 0.979. The third-order valence-electron chi connectivity index (χ3n) is 3.53. The highest BCUT2D eigenvalue weighted by atomic mass is 16.5. The van der Waals surface area contributed by atoms with Crippen LogP contribution in [0.15, 0.2) is 24.3 Å². The fourth-order valence-electron chi connectivity index (χ4n) is 2.39. The van der Waals surface area contributed by atoms with Gasteiger partial charge in [-0.2, -0.15) is 0 Å². The topological polar surface area (TPSA) is 24.5 Å². The predicted molar refractivity (Wildman–Crippen MR) is 79.6 cm³/mol. The molecule has 0 aliphatic heterocycles. The van der Waals surface area contributed by atoms with Crippen LogP contribution in [0.4, 0.5) is 0 Å². The van der Waals surface area contributed by atoms with Gasteiger partial charge in [0.15, 0.2) is 0 Å². The fraction of sp³-hybridized carbons (Fsp3) is 0.625. The number of hydrogen-bond acceptors (Lipinski definition) is 3. The molecule has 0 radical (unpaired) electrons. The number of ether oxygens (including phenoxy) is 1. The molecule has 0 saturated heterocycles. The zero-order valence-corrected chi connectivity index (χ0v) is 12.2. The van der Waals surface area contributed by atoms with E-state index in [1.807, 2.05) is 7.05 Å². The maximum absolute atomic E-state index is 5.83. The molecule has 1 saturated carbocycles. The van der Waals surface area contributed by atoms with Crippen LogP contribution >= 0.6 is 0 Å². The van der Waals surface area contributed by atoms with E-state index in [-0.39, 0.29) is 0 Å². The van der Waals surface area contributed by atoms with Gasteiger partial charge < -0.3 is 10.1 Å². The smallest absolute Gasteiger partial charge is 0.119 e. The zero-order valence-electron chi connectivity index (χ0n) is 12.2. The second kappa shape index (κ2) is 7.51. The summed E-state index contributed by atoms with van der Waals surface area (Å²) in [5.41, 5.74) is 1.29. The third-order valence-corrected chi connectivity index (χ3v) is 3.53. The molecule has 0 heterocycles. The molecule has 1 N–H and O–H groups in total. The third kappa shape index (κ3) is 4.84. The lowest BCUT2D eigenvalue weighted by atomic mass is 10.2. The van der Waals surface area contributed by atoms with Crippen molar-refractivity contribution >= 4 is 0 Å². The first-order valence-electron chi connectivity index (χ1n) is 7.44. The Morgan fingerprint density at radius 2 is 1.95 bits per heavy atom. The van der Waals surface area contributed by atoms with Crippen molar-refractivity contribution in [2.24, 2.45) is 0 Å². The van der Waals surface area contributed by atoms with Crippen LogP contribution in [-0.4, -0.2) is 37.7 Å². The number of rotatable bonds is 9. The molecule has 2 rings (SSSR count). The standard InChI is InChI=1S/C16H26N2O/c1-3-10-18(15-6-7-15)11-12-19-16-8-4-14(5-9-16)13-17-2/h4-5,8-9,15,17H,3,6-7,10-13H2,1-2H3. The van der Waals surface area contributed by atoms with E-state index < -0.39 is 0 Å². The SMILES string of the molecule is CCCN(CCOc1ccc(CNC)cc1)C1CC1. The van der Waals surface area contributed by atoms with Gasteiger partial charge in [0.05, 0.1) is 0 Å². The average molecular weight is 262 g/mol. The quantitative estimate of drug-likeness (QED) is 0.740. The lowest BCUT2D eigenvalue weighted by Crippen LogP contribution is -2.31. The van der Waals surface area contributed by atoms with Crippen LogP contribution in [0.3, 0.4) is 0 Å². The van der Waals surface area contributed by atoms with Crippen molar-refractivity contribution in [2.45, 2.75) is 38.8 Å². The van der Waals surface area contributed by atoms with Crippen LogP contribution in [0.2, 0.25) is 0 Å². The van der Waals surface area contributed by atoms with Gasteiger partial charge in [0.1, 0.15) is 12.4 Å². The minimum Gasteiger partial charge on any atom is -0.492 e. The van der Waals surface area contributed by atoms with Gasteiger partial charge in [0.2, 0.25) is 0 Å². The van der Waals surface area contributed by atoms with Gasteiger partial charge >= 0.3 is 0 Å². The van der Waals surface area contributed by atoms with Crippen LogP contribution < -0.4 is 10.1 Å². The summed E-state index contributed by atoms with van der Waals surface area (Å²) in [5, 5.41) is 3.15. The minimum absolute atomic E-state index is 0.794. The monoisotopic (exact) mass is 262 g/mol. The van der Waals surface area contributed by atoms with Crippen LogP contribution in [0.25, 0.3) is 0 Å². The van der Waals surface area contributed by atoms with Crippen molar-refractivity contribution in [1.82, 2.24) is 10.2 Å². The van der Waals surface area contributed by atoms with Crippen molar-refractivity contribution in [3.63, 3.8) is 0 Å². The molecule has 3 nitrogen and oxygen atoms in total. The summed E-state index contributed by atoms with van der Waals surface area (Å²) in [7, 11) is 1.96. The molecule has 1 aliphatic rings. The second-order valence-electron chi connectivity index (χ2n) is 5.29. The van der Waals surface area contributed by atoms with Gasteiger partial charge in [0.25, 0.3) is 0 Å². The zero-order chi connectivity index (χ0) is 13.5. The Balaban J connectivity index is 1.72. The first-order chi connectivity index (χ1) is 9.33. The first-order valence-corrected chi connectivity index (χ1v) is 7.44. The molecule has 1 aliphatic carbocycles. The van der Waals surface area contributed by atoms with E-state index in [9.17, 15) is 0 Å². The van der Waals surface area contributed by atoms with E-state index in [2.05, 4.69) is 41.4 Å². The van der Waals surface area contributed by atoms with Gasteiger partial charge in [-0.05, 0) is 50.6 Å². The summed E-state index contributed by atoms with van der Waals surface area (Å²) in [4.78, 5) is 2.56. The molecular weight excluding hydrogens is 236 g/mol. The highest BCUT2D eigenvalue weighted by Gasteiger charge is 2.27.